The molecule has 0 saturated carbocycles. The van der Waals surface area contributed by atoms with Gasteiger partial charge in [0.2, 0.25) is 0 Å². The van der Waals surface area contributed by atoms with Gasteiger partial charge in [0.25, 0.3) is 0 Å². The average Bonchev–Trinajstić information content (AvgIpc) is 2.93. The molecule has 1 fully saturated rings. The minimum absolute atomic E-state index is 0.481. The Morgan fingerprint density at radius 1 is 1.45 bits per heavy atom. The van der Waals surface area contributed by atoms with Crippen LogP contribution in [0.25, 0.3) is 0 Å². The Balaban J connectivity index is 2.14. The number of hydrogen-bond acceptors (Lipinski definition) is 3. The molecule has 1 aliphatic rings. The number of likely N-dealkylation sites (tertiary alicyclic amines) is 1. The zero-order valence-corrected chi connectivity index (χ0v) is 13.2. The fourth-order valence-corrected chi connectivity index (χ4v) is 2.95. The second-order valence-electron chi connectivity index (χ2n) is 5.94. The van der Waals surface area contributed by atoms with Gasteiger partial charge in [0.15, 0.2) is 0 Å². The number of unbranched alkanes of at least 4 members (excludes halogenated alkanes) is 1. The van der Waals surface area contributed by atoms with Crippen molar-refractivity contribution >= 4 is 5.82 Å². The van der Waals surface area contributed by atoms with E-state index in [0.717, 1.165) is 12.2 Å². The highest BCUT2D eigenvalue weighted by atomic mass is 15.2. The number of rotatable bonds is 7. The van der Waals surface area contributed by atoms with Crippen molar-refractivity contribution in [3.05, 3.63) is 23.9 Å². The third-order valence-electron chi connectivity index (χ3n) is 4.36. The SMILES string of the molecule is CCCCN1CCC[C@@H]1c1cccnc1N[C@@H](C)CC. The summed E-state index contributed by atoms with van der Waals surface area (Å²) in [6.07, 6.45) is 8.18. The molecule has 0 radical (unpaired) electrons. The van der Waals surface area contributed by atoms with E-state index < -0.39 is 0 Å². The minimum atomic E-state index is 0.481. The third kappa shape index (κ3) is 3.72. The van der Waals surface area contributed by atoms with Gasteiger partial charge in [-0.05, 0) is 51.8 Å². The molecule has 0 unspecified atom stereocenters. The first-order chi connectivity index (χ1) is 9.76. The van der Waals surface area contributed by atoms with E-state index in [1.807, 2.05) is 6.20 Å². The van der Waals surface area contributed by atoms with Crippen LogP contribution in [-0.4, -0.2) is 29.0 Å². The molecule has 0 amide bonds. The molecule has 3 heteroatoms. The van der Waals surface area contributed by atoms with Gasteiger partial charge in [0.05, 0.1) is 0 Å². The molecule has 1 aliphatic heterocycles. The van der Waals surface area contributed by atoms with Crippen LogP contribution in [0.3, 0.4) is 0 Å². The maximum absolute atomic E-state index is 4.59. The Kier molecular flexibility index (Phi) is 5.84. The van der Waals surface area contributed by atoms with Crippen molar-refractivity contribution in [2.45, 2.75) is 65.0 Å². The Morgan fingerprint density at radius 3 is 3.05 bits per heavy atom. The summed E-state index contributed by atoms with van der Waals surface area (Å²) in [7, 11) is 0. The van der Waals surface area contributed by atoms with E-state index >= 15 is 0 Å². The average molecular weight is 275 g/mol. The highest BCUT2D eigenvalue weighted by Gasteiger charge is 2.27. The van der Waals surface area contributed by atoms with E-state index in [4.69, 9.17) is 0 Å². The maximum Gasteiger partial charge on any atom is 0.130 e. The normalized spacial score (nSPS) is 21.1. The van der Waals surface area contributed by atoms with E-state index in [1.165, 1.54) is 44.3 Å². The fourth-order valence-electron chi connectivity index (χ4n) is 2.95. The first-order valence-corrected chi connectivity index (χ1v) is 8.21. The van der Waals surface area contributed by atoms with Crippen LogP contribution >= 0.6 is 0 Å². The molecule has 0 aliphatic carbocycles. The Hall–Kier alpha value is -1.09. The topological polar surface area (TPSA) is 28.2 Å². The minimum Gasteiger partial charge on any atom is -0.367 e. The van der Waals surface area contributed by atoms with Gasteiger partial charge in [-0.1, -0.05) is 26.3 Å². The fraction of sp³-hybridized carbons (Fsp3) is 0.706. The lowest BCUT2D eigenvalue weighted by Gasteiger charge is -2.27. The van der Waals surface area contributed by atoms with Gasteiger partial charge in [0.1, 0.15) is 5.82 Å². The van der Waals surface area contributed by atoms with Gasteiger partial charge in [-0.25, -0.2) is 4.98 Å². The molecule has 3 nitrogen and oxygen atoms in total. The van der Waals surface area contributed by atoms with E-state index in [2.05, 4.69) is 48.1 Å². The number of pyridine rings is 1. The van der Waals surface area contributed by atoms with Gasteiger partial charge in [-0.15, -0.1) is 0 Å². The van der Waals surface area contributed by atoms with Crippen LogP contribution in [0, 0.1) is 0 Å². The summed E-state index contributed by atoms with van der Waals surface area (Å²) in [5.74, 6) is 1.09. The summed E-state index contributed by atoms with van der Waals surface area (Å²) < 4.78 is 0. The molecule has 2 rings (SSSR count). The molecule has 112 valence electrons. The van der Waals surface area contributed by atoms with Crippen LogP contribution in [-0.2, 0) is 0 Å². The van der Waals surface area contributed by atoms with E-state index in [9.17, 15) is 0 Å². The maximum atomic E-state index is 4.59. The molecule has 2 heterocycles. The number of aromatic nitrogens is 1. The molecule has 2 atom stereocenters. The second kappa shape index (κ2) is 7.63. The lowest BCUT2D eigenvalue weighted by atomic mass is 10.0. The van der Waals surface area contributed by atoms with Gasteiger partial charge >= 0.3 is 0 Å². The van der Waals surface area contributed by atoms with E-state index in [1.54, 1.807) is 0 Å². The van der Waals surface area contributed by atoms with Crippen molar-refractivity contribution in [1.29, 1.82) is 0 Å². The summed E-state index contributed by atoms with van der Waals surface area (Å²) in [6, 6.07) is 5.37. The predicted molar refractivity (Wildman–Crippen MR) is 86.1 cm³/mol. The Bertz CT molecular complexity index is 405. The highest BCUT2D eigenvalue weighted by Crippen LogP contribution is 2.35. The number of nitrogens with zero attached hydrogens (tertiary/aromatic N) is 2. The number of anilines is 1. The van der Waals surface area contributed by atoms with Gasteiger partial charge in [-0.3, -0.25) is 4.90 Å². The van der Waals surface area contributed by atoms with E-state index in [0.29, 0.717) is 12.1 Å². The van der Waals surface area contributed by atoms with Gasteiger partial charge in [-0.2, -0.15) is 0 Å². The number of nitrogens with one attached hydrogen (secondary N) is 1. The first-order valence-electron chi connectivity index (χ1n) is 8.21. The smallest absolute Gasteiger partial charge is 0.130 e. The van der Waals surface area contributed by atoms with Gasteiger partial charge < -0.3 is 5.32 Å². The standard InChI is InChI=1S/C17H29N3/c1-4-6-12-20-13-8-10-16(20)15-9-7-11-18-17(15)19-14(3)5-2/h7,9,11,14,16H,4-6,8,10,12-13H2,1-3H3,(H,18,19)/t14-,16+/m0/s1. The zero-order chi connectivity index (χ0) is 14.4. The summed E-state index contributed by atoms with van der Waals surface area (Å²) in [5, 5.41) is 3.58. The van der Waals surface area contributed by atoms with E-state index in [-0.39, 0.29) is 0 Å². The molecule has 0 bridgehead atoms. The summed E-state index contributed by atoms with van der Waals surface area (Å²) in [6.45, 7) is 9.16. The van der Waals surface area contributed by atoms with Crippen LogP contribution in [0.1, 0.15) is 64.5 Å². The van der Waals surface area contributed by atoms with Crippen molar-refractivity contribution in [1.82, 2.24) is 9.88 Å². The Labute approximate surface area is 123 Å². The van der Waals surface area contributed by atoms with Crippen molar-refractivity contribution < 1.29 is 0 Å². The number of hydrogen-bond donors (Lipinski definition) is 1. The van der Waals surface area contributed by atoms with Crippen molar-refractivity contribution in [2.75, 3.05) is 18.4 Å². The van der Waals surface area contributed by atoms with Crippen molar-refractivity contribution in [3.63, 3.8) is 0 Å². The summed E-state index contributed by atoms with van der Waals surface area (Å²) >= 11 is 0. The van der Waals surface area contributed by atoms with Crippen LogP contribution in [0.2, 0.25) is 0 Å². The molecule has 1 aromatic heterocycles. The molecular formula is C17H29N3. The first kappa shape index (κ1) is 15.3. The van der Waals surface area contributed by atoms with Crippen LogP contribution in [0.15, 0.2) is 18.3 Å². The molecule has 0 aromatic carbocycles. The highest BCUT2D eigenvalue weighted by molar-refractivity contribution is 5.46. The third-order valence-corrected chi connectivity index (χ3v) is 4.36. The molecular weight excluding hydrogens is 246 g/mol. The lowest BCUT2D eigenvalue weighted by Crippen LogP contribution is -2.26. The molecule has 20 heavy (non-hydrogen) atoms. The van der Waals surface area contributed by atoms with Gasteiger partial charge in [0, 0.05) is 23.8 Å². The van der Waals surface area contributed by atoms with Crippen LogP contribution in [0.5, 0.6) is 0 Å². The largest absolute Gasteiger partial charge is 0.367 e. The van der Waals surface area contributed by atoms with Crippen LogP contribution < -0.4 is 5.32 Å². The molecule has 1 saturated heterocycles. The lowest BCUT2D eigenvalue weighted by molar-refractivity contribution is 0.253. The predicted octanol–water partition coefficient (Wildman–Crippen LogP) is 4.23. The second-order valence-corrected chi connectivity index (χ2v) is 5.94. The molecule has 1 N–H and O–H groups in total. The van der Waals surface area contributed by atoms with Crippen molar-refractivity contribution in [3.8, 4) is 0 Å². The van der Waals surface area contributed by atoms with Crippen molar-refractivity contribution in [2.24, 2.45) is 0 Å². The molecule has 1 aromatic rings. The quantitative estimate of drug-likeness (QED) is 0.807. The molecule has 0 spiro atoms. The zero-order valence-electron chi connectivity index (χ0n) is 13.2. The summed E-state index contributed by atoms with van der Waals surface area (Å²) in [5.41, 5.74) is 1.39. The Morgan fingerprint density at radius 2 is 2.30 bits per heavy atom. The monoisotopic (exact) mass is 275 g/mol. The summed E-state index contributed by atoms with van der Waals surface area (Å²) in [4.78, 5) is 7.23. The van der Waals surface area contributed by atoms with Crippen LogP contribution in [0.4, 0.5) is 5.82 Å².